The fraction of sp³-hybridized carbons (Fsp3) is 0.167. The lowest BCUT2D eigenvalue weighted by atomic mass is 10.1. The highest BCUT2D eigenvalue weighted by atomic mass is 19.1. The Balaban J connectivity index is 2.25. The van der Waals surface area contributed by atoms with Crippen molar-refractivity contribution in [3.63, 3.8) is 0 Å². The highest BCUT2D eigenvalue weighted by Crippen LogP contribution is 2.21. The molecule has 0 spiro atoms. The second kappa shape index (κ2) is 3.21. The molecule has 15 heavy (non-hydrogen) atoms. The molecule has 1 aromatic carbocycles. The molecule has 0 bridgehead atoms. The minimum absolute atomic E-state index is 0.175. The molecular formula is C12H11FN2. The maximum absolute atomic E-state index is 13.1. The van der Waals surface area contributed by atoms with Gasteiger partial charge in [0.15, 0.2) is 0 Å². The van der Waals surface area contributed by atoms with Crippen molar-refractivity contribution in [2.24, 2.45) is 0 Å². The summed E-state index contributed by atoms with van der Waals surface area (Å²) in [5.41, 5.74) is 3.28. The van der Waals surface area contributed by atoms with E-state index < -0.39 is 0 Å². The van der Waals surface area contributed by atoms with Gasteiger partial charge in [0.25, 0.3) is 0 Å². The van der Waals surface area contributed by atoms with Crippen LogP contribution in [0.1, 0.15) is 11.3 Å². The summed E-state index contributed by atoms with van der Waals surface area (Å²) in [6.07, 6.45) is 2.01. The van der Waals surface area contributed by atoms with Crippen molar-refractivity contribution in [1.82, 2.24) is 9.88 Å². The fourth-order valence-electron chi connectivity index (χ4n) is 2.05. The molecule has 3 heteroatoms. The number of halogens is 1. The number of aromatic nitrogens is 1. The SMILES string of the molecule is Fc1ccc2c(c1)CNCc1cccn1-2. The standard InChI is InChI=1S/C12H11FN2/c13-10-3-4-12-9(6-10)7-14-8-11-2-1-5-15(11)12/h1-6,14H,7-8H2. The summed E-state index contributed by atoms with van der Waals surface area (Å²) in [7, 11) is 0. The molecule has 0 radical (unpaired) electrons. The van der Waals surface area contributed by atoms with E-state index in [1.54, 1.807) is 6.07 Å². The van der Waals surface area contributed by atoms with Crippen LogP contribution in [0, 0.1) is 5.82 Å². The number of hydrogen-bond acceptors (Lipinski definition) is 1. The maximum Gasteiger partial charge on any atom is 0.123 e. The van der Waals surface area contributed by atoms with Crippen LogP contribution in [-0.2, 0) is 13.1 Å². The van der Waals surface area contributed by atoms with E-state index in [1.165, 1.54) is 11.8 Å². The average molecular weight is 202 g/mol. The zero-order valence-electron chi connectivity index (χ0n) is 8.20. The highest BCUT2D eigenvalue weighted by Gasteiger charge is 2.12. The molecule has 3 rings (SSSR count). The molecule has 1 aromatic heterocycles. The van der Waals surface area contributed by atoms with Crippen LogP contribution >= 0.6 is 0 Å². The van der Waals surface area contributed by atoms with E-state index in [0.29, 0.717) is 0 Å². The summed E-state index contributed by atoms with van der Waals surface area (Å²) < 4.78 is 15.2. The van der Waals surface area contributed by atoms with Crippen LogP contribution in [0.5, 0.6) is 0 Å². The molecule has 0 saturated carbocycles. The van der Waals surface area contributed by atoms with Gasteiger partial charge in [-0.3, -0.25) is 0 Å². The Morgan fingerprint density at radius 1 is 1.20 bits per heavy atom. The number of hydrogen-bond donors (Lipinski definition) is 1. The van der Waals surface area contributed by atoms with Gasteiger partial charge in [0, 0.05) is 30.7 Å². The Hall–Kier alpha value is -1.61. The van der Waals surface area contributed by atoms with Crippen molar-refractivity contribution < 1.29 is 4.39 Å². The smallest absolute Gasteiger partial charge is 0.123 e. The Bertz CT molecular complexity index is 502. The van der Waals surface area contributed by atoms with Crippen LogP contribution in [0.25, 0.3) is 5.69 Å². The highest BCUT2D eigenvalue weighted by molar-refractivity contribution is 5.44. The molecule has 1 aliphatic rings. The van der Waals surface area contributed by atoms with E-state index >= 15 is 0 Å². The first kappa shape index (κ1) is 8.68. The van der Waals surface area contributed by atoms with Gasteiger partial charge in [0.1, 0.15) is 5.82 Å². The van der Waals surface area contributed by atoms with E-state index in [0.717, 1.165) is 24.3 Å². The molecule has 0 atom stereocenters. The second-order valence-corrected chi connectivity index (χ2v) is 3.75. The van der Waals surface area contributed by atoms with Gasteiger partial charge in [-0.25, -0.2) is 4.39 Å². The first-order valence-electron chi connectivity index (χ1n) is 5.00. The van der Waals surface area contributed by atoms with Crippen molar-refractivity contribution in [2.75, 3.05) is 0 Å². The number of fused-ring (bicyclic) bond motifs is 3. The third kappa shape index (κ3) is 1.36. The monoisotopic (exact) mass is 202 g/mol. The van der Waals surface area contributed by atoms with Crippen molar-refractivity contribution >= 4 is 0 Å². The van der Waals surface area contributed by atoms with Crippen LogP contribution in [0.15, 0.2) is 36.5 Å². The summed E-state index contributed by atoms with van der Waals surface area (Å²) in [4.78, 5) is 0. The fourth-order valence-corrected chi connectivity index (χ4v) is 2.05. The number of nitrogens with zero attached hydrogens (tertiary/aromatic N) is 1. The van der Waals surface area contributed by atoms with Crippen LogP contribution in [-0.4, -0.2) is 4.57 Å². The summed E-state index contributed by atoms with van der Waals surface area (Å²) in [5, 5.41) is 3.29. The predicted molar refractivity (Wildman–Crippen MR) is 56.3 cm³/mol. The first-order chi connectivity index (χ1) is 7.34. The lowest BCUT2D eigenvalue weighted by molar-refractivity contribution is 0.622. The molecule has 0 fully saturated rings. The van der Waals surface area contributed by atoms with Crippen molar-refractivity contribution in [3.05, 3.63) is 53.6 Å². The molecule has 76 valence electrons. The molecule has 2 aromatic rings. The third-order valence-electron chi connectivity index (χ3n) is 2.76. The molecular weight excluding hydrogens is 191 g/mol. The topological polar surface area (TPSA) is 17.0 Å². The summed E-state index contributed by atoms with van der Waals surface area (Å²) in [6.45, 7) is 1.54. The van der Waals surface area contributed by atoms with Gasteiger partial charge in [-0.1, -0.05) is 0 Å². The van der Waals surface area contributed by atoms with Gasteiger partial charge in [0.05, 0.1) is 0 Å². The zero-order chi connectivity index (χ0) is 10.3. The van der Waals surface area contributed by atoms with E-state index in [1.807, 2.05) is 18.3 Å². The molecule has 2 nitrogen and oxygen atoms in total. The third-order valence-corrected chi connectivity index (χ3v) is 2.76. The second-order valence-electron chi connectivity index (χ2n) is 3.75. The number of benzene rings is 1. The van der Waals surface area contributed by atoms with Crippen molar-refractivity contribution in [1.29, 1.82) is 0 Å². The molecule has 1 N–H and O–H groups in total. The molecule has 2 heterocycles. The Morgan fingerprint density at radius 2 is 2.13 bits per heavy atom. The summed E-state index contributed by atoms with van der Waals surface area (Å²) in [5.74, 6) is -0.175. The Kier molecular flexibility index (Phi) is 1.86. The van der Waals surface area contributed by atoms with Gasteiger partial charge in [-0.05, 0) is 35.9 Å². The average Bonchev–Trinajstić information content (AvgIpc) is 2.61. The van der Waals surface area contributed by atoms with E-state index in [4.69, 9.17) is 0 Å². The van der Waals surface area contributed by atoms with E-state index in [9.17, 15) is 4.39 Å². The van der Waals surface area contributed by atoms with Gasteiger partial charge in [-0.15, -0.1) is 0 Å². The predicted octanol–water partition coefficient (Wildman–Crippen LogP) is 2.22. The maximum atomic E-state index is 13.1. The molecule has 0 unspecified atom stereocenters. The van der Waals surface area contributed by atoms with Gasteiger partial charge in [0.2, 0.25) is 0 Å². The number of nitrogens with one attached hydrogen (secondary N) is 1. The van der Waals surface area contributed by atoms with Crippen LogP contribution < -0.4 is 5.32 Å². The first-order valence-corrected chi connectivity index (χ1v) is 5.00. The van der Waals surface area contributed by atoms with Crippen molar-refractivity contribution in [2.45, 2.75) is 13.1 Å². The molecule has 0 aliphatic carbocycles. The van der Waals surface area contributed by atoms with Gasteiger partial charge >= 0.3 is 0 Å². The largest absolute Gasteiger partial charge is 0.319 e. The molecule has 1 aliphatic heterocycles. The van der Waals surface area contributed by atoms with Crippen LogP contribution in [0.4, 0.5) is 4.39 Å². The van der Waals surface area contributed by atoms with Crippen LogP contribution in [0.3, 0.4) is 0 Å². The quantitative estimate of drug-likeness (QED) is 0.693. The Morgan fingerprint density at radius 3 is 3.07 bits per heavy atom. The minimum Gasteiger partial charge on any atom is -0.319 e. The van der Waals surface area contributed by atoms with Crippen molar-refractivity contribution in [3.8, 4) is 5.69 Å². The number of rotatable bonds is 0. The lowest BCUT2D eigenvalue weighted by Gasteiger charge is -2.08. The van der Waals surface area contributed by atoms with E-state index in [2.05, 4.69) is 16.0 Å². The summed E-state index contributed by atoms with van der Waals surface area (Å²) >= 11 is 0. The van der Waals surface area contributed by atoms with Gasteiger partial charge in [-0.2, -0.15) is 0 Å². The molecule has 0 amide bonds. The normalized spacial score (nSPS) is 14.2. The summed E-state index contributed by atoms with van der Waals surface area (Å²) in [6, 6.07) is 9.02. The van der Waals surface area contributed by atoms with Crippen LogP contribution in [0.2, 0.25) is 0 Å². The van der Waals surface area contributed by atoms with E-state index in [-0.39, 0.29) is 5.82 Å². The molecule has 0 saturated heterocycles. The minimum atomic E-state index is -0.175. The lowest BCUT2D eigenvalue weighted by Crippen LogP contribution is -2.10. The van der Waals surface area contributed by atoms with Gasteiger partial charge < -0.3 is 9.88 Å². The zero-order valence-corrected chi connectivity index (χ0v) is 8.20. The Labute approximate surface area is 87.3 Å².